The Morgan fingerprint density at radius 3 is 2.20 bits per heavy atom. The third-order valence-corrected chi connectivity index (χ3v) is 2.56. The molecule has 0 radical (unpaired) electrons. The molecule has 0 atom stereocenters. The lowest BCUT2D eigenvalue weighted by molar-refractivity contribution is 0.814. The zero-order chi connectivity index (χ0) is 11.6. The highest BCUT2D eigenvalue weighted by Gasteiger charge is 2.17. The normalized spacial score (nSPS) is 9.73. The van der Waals surface area contributed by atoms with E-state index in [4.69, 9.17) is 16.3 Å². The minimum absolute atomic E-state index is 0.0889. The fourth-order valence-corrected chi connectivity index (χ4v) is 1.73. The Kier molecular flexibility index (Phi) is 3.28. The second kappa shape index (κ2) is 4.29. The molecule has 0 saturated heterocycles. The van der Waals surface area contributed by atoms with Crippen molar-refractivity contribution in [3.63, 3.8) is 0 Å². The Morgan fingerprint density at radius 1 is 1.27 bits per heavy atom. The van der Waals surface area contributed by atoms with Crippen LogP contribution in [0.5, 0.6) is 0 Å². The predicted molar refractivity (Wildman–Crippen MR) is 59.9 cm³/mol. The first-order chi connectivity index (χ1) is 7.02. The lowest BCUT2D eigenvalue weighted by Crippen LogP contribution is -2.05. The molecule has 1 aromatic rings. The van der Waals surface area contributed by atoms with E-state index >= 15 is 0 Å². The number of anilines is 1. The summed E-state index contributed by atoms with van der Waals surface area (Å²) in [6.07, 6.45) is 0. The lowest BCUT2D eigenvalue weighted by Gasteiger charge is -2.11. The molecule has 0 saturated carbocycles. The van der Waals surface area contributed by atoms with Gasteiger partial charge in [-0.2, -0.15) is 10.5 Å². The van der Waals surface area contributed by atoms with Crippen LogP contribution in [0.1, 0.15) is 36.6 Å². The first-order valence-corrected chi connectivity index (χ1v) is 5.11. The number of aromatic nitrogens is 1. The summed E-state index contributed by atoms with van der Waals surface area (Å²) in [4.78, 5) is 4.17. The number of hydrogen-bond acceptors (Lipinski definition) is 4. The van der Waals surface area contributed by atoms with Crippen molar-refractivity contribution in [2.24, 2.45) is 0 Å². The summed E-state index contributed by atoms with van der Waals surface area (Å²) in [6, 6.07) is 3.91. The quantitative estimate of drug-likeness (QED) is 0.789. The van der Waals surface area contributed by atoms with Gasteiger partial charge in [0.25, 0.3) is 0 Å². The molecule has 0 bridgehead atoms. The molecule has 0 aliphatic heterocycles. The second-order valence-corrected chi connectivity index (χ2v) is 4.08. The Bertz CT molecular complexity index is 480. The molecule has 0 aliphatic rings. The van der Waals surface area contributed by atoms with Gasteiger partial charge in [0.2, 0.25) is 0 Å². The Hall–Kier alpha value is -1.59. The van der Waals surface area contributed by atoms with Crippen molar-refractivity contribution < 1.29 is 0 Å². The first-order valence-electron chi connectivity index (χ1n) is 4.32. The zero-order valence-electron chi connectivity index (χ0n) is 8.37. The molecule has 0 amide bonds. The second-order valence-electron chi connectivity index (χ2n) is 3.33. The van der Waals surface area contributed by atoms with Gasteiger partial charge >= 0.3 is 0 Å². The molecule has 1 heterocycles. The molecular formula is C10H9BrN4. The van der Waals surface area contributed by atoms with Gasteiger partial charge in [0.05, 0.1) is 16.9 Å². The predicted octanol–water partition coefficient (Wildman–Crippen LogP) is 2.29. The van der Waals surface area contributed by atoms with Crippen molar-refractivity contribution in [1.82, 2.24) is 4.98 Å². The highest BCUT2D eigenvalue weighted by Crippen LogP contribution is 2.29. The smallest absolute Gasteiger partial charge is 0.126 e. The Balaban J connectivity index is 3.63. The van der Waals surface area contributed by atoms with Gasteiger partial charge in [0.15, 0.2) is 0 Å². The van der Waals surface area contributed by atoms with Crippen LogP contribution in [-0.4, -0.2) is 4.98 Å². The number of pyridine rings is 1. The minimum atomic E-state index is 0.0889. The molecule has 4 nitrogen and oxygen atoms in total. The standard InChI is InChI=1S/C10H9BrN4/c1-5(2)9-6(3-12)8(14)7(4-13)10(11)15-9/h5H,1-2H3,(H2,14,15). The Morgan fingerprint density at radius 2 is 1.80 bits per heavy atom. The SMILES string of the molecule is CC(C)c1nc(Br)c(C#N)c(N)c1C#N. The van der Waals surface area contributed by atoms with Crippen molar-refractivity contribution in [3.8, 4) is 12.1 Å². The van der Waals surface area contributed by atoms with Crippen LogP contribution in [0.4, 0.5) is 5.69 Å². The van der Waals surface area contributed by atoms with Gasteiger partial charge in [0.1, 0.15) is 22.3 Å². The van der Waals surface area contributed by atoms with Gasteiger partial charge in [-0.3, -0.25) is 0 Å². The van der Waals surface area contributed by atoms with Crippen LogP contribution in [0.2, 0.25) is 0 Å². The molecule has 2 N–H and O–H groups in total. The average Bonchev–Trinajstić information content (AvgIpc) is 2.17. The van der Waals surface area contributed by atoms with E-state index in [0.717, 1.165) is 0 Å². The molecule has 0 aromatic carbocycles. The first kappa shape index (κ1) is 11.5. The third kappa shape index (κ3) is 1.93. The number of nitrogen functional groups attached to an aromatic ring is 1. The van der Waals surface area contributed by atoms with Crippen molar-refractivity contribution >= 4 is 21.6 Å². The molecule has 1 rings (SSSR count). The van der Waals surface area contributed by atoms with E-state index in [9.17, 15) is 0 Å². The number of hydrogen-bond donors (Lipinski definition) is 1. The summed E-state index contributed by atoms with van der Waals surface area (Å²) in [5.74, 6) is 0.0889. The van der Waals surface area contributed by atoms with Gasteiger partial charge < -0.3 is 5.73 Å². The van der Waals surface area contributed by atoms with Gasteiger partial charge in [-0.15, -0.1) is 0 Å². The number of nitrogens with zero attached hydrogens (tertiary/aromatic N) is 3. The van der Waals surface area contributed by atoms with Crippen LogP contribution in [-0.2, 0) is 0 Å². The molecule has 15 heavy (non-hydrogen) atoms. The van der Waals surface area contributed by atoms with Crippen LogP contribution in [0, 0.1) is 22.7 Å². The molecule has 0 fully saturated rings. The fraction of sp³-hybridized carbons (Fsp3) is 0.300. The van der Waals surface area contributed by atoms with E-state index in [1.54, 1.807) is 0 Å². The molecule has 5 heteroatoms. The summed E-state index contributed by atoms with van der Waals surface area (Å²) in [5, 5.41) is 17.8. The summed E-state index contributed by atoms with van der Waals surface area (Å²) >= 11 is 3.17. The highest BCUT2D eigenvalue weighted by atomic mass is 79.9. The van der Waals surface area contributed by atoms with Crippen molar-refractivity contribution in [3.05, 3.63) is 21.4 Å². The van der Waals surface area contributed by atoms with E-state index in [-0.39, 0.29) is 17.2 Å². The van der Waals surface area contributed by atoms with Crippen LogP contribution in [0.3, 0.4) is 0 Å². The molecule has 0 spiro atoms. The minimum Gasteiger partial charge on any atom is -0.396 e. The van der Waals surface area contributed by atoms with Crippen LogP contribution < -0.4 is 5.73 Å². The maximum absolute atomic E-state index is 8.96. The van der Waals surface area contributed by atoms with E-state index in [0.29, 0.717) is 15.9 Å². The van der Waals surface area contributed by atoms with Gasteiger partial charge in [0, 0.05) is 0 Å². The number of halogens is 1. The summed E-state index contributed by atoms with van der Waals surface area (Å²) in [5.41, 5.74) is 7.05. The maximum atomic E-state index is 8.96. The van der Waals surface area contributed by atoms with E-state index < -0.39 is 0 Å². The van der Waals surface area contributed by atoms with Gasteiger partial charge in [-0.25, -0.2) is 4.98 Å². The Labute approximate surface area is 96.5 Å². The average molecular weight is 265 g/mol. The summed E-state index contributed by atoms with van der Waals surface area (Å²) in [7, 11) is 0. The number of nitrogens with two attached hydrogens (primary N) is 1. The summed E-state index contributed by atoms with van der Waals surface area (Å²) in [6.45, 7) is 3.84. The number of rotatable bonds is 1. The summed E-state index contributed by atoms with van der Waals surface area (Å²) < 4.78 is 0.394. The monoisotopic (exact) mass is 264 g/mol. The van der Waals surface area contributed by atoms with Crippen LogP contribution >= 0.6 is 15.9 Å². The van der Waals surface area contributed by atoms with Crippen molar-refractivity contribution in [1.29, 1.82) is 10.5 Å². The topological polar surface area (TPSA) is 86.5 Å². The lowest BCUT2D eigenvalue weighted by atomic mass is 10.0. The molecular weight excluding hydrogens is 256 g/mol. The third-order valence-electron chi connectivity index (χ3n) is 1.99. The largest absolute Gasteiger partial charge is 0.396 e. The molecule has 76 valence electrons. The van der Waals surface area contributed by atoms with Crippen molar-refractivity contribution in [2.45, 2.75) is 19.8 Å². The van der Waals surface area contributed by atoms with Gasteiger partial charge in [-0.05, 0) is 21.8 Å². The van der Waals surface area contributed by atoms with E-state index in [2.05, 4.69) is 20.9 Å². The van der Waals surface area contributed by atoms with E-state index in [1.165, 1.54) is 0 Å². The fourth-order valence-electron chi connectivity index (χ4n) is 1.23. The van der Waals surface area contributed by atoms with Crippen LogP contribution in [0.25, 0.3) is 0 Å². The highest BCUT2D eigenvalue weighted by molar-refractivity contribution is 9.10. The maximum Gasteiger partial charge on any atom is 0.126 e. The number of nitriles is 2. The molecule has 0 aliphatic carbocycles. The molecule has 0 unspecified atom stereocenters. The van der Waals surface area contributed by atoms with Gasteiger partial charge in [-0.1, -0.05) is 13.8 Å². The van der Waals surface area contributed by atoms with Crippen molar-refractivity contribution in [2.75, 3.05) is 5.73 Å². The van der Waals surface area contributed by atoms with E-state index in [1.807, 2.05) is 26.0 Å². The molecule has 1 aromatic heterocycles. The zero-order valence-corrected chi connectivity index (χ0v) is 9.96. The van der Waals surface area contributed by atoms with Crippen LogP contribution in [0.15, 0.2) is 4.60 Å².